The molecule has 0 aliphatic rings. The molecule has 1 amide bonds. The molecular formula is C12H11NO3. The summed E-state index contributed by atoms with van der Waals surface area (Å²) in [6, 6.07) is 5.29. The van der Waals surface area contributed by atoms with Crippen LogP contribution in [0, 0.1) is 6.92 Å². The molecule has 4 heteroatoms. The van der Waals surface area contributed by atoms with Crippen molar-refractivity contribution < 1.29 is 9.21 Å². The van der Waals surface area contributed by atoms with E-state index in [4.69, 9.17) is 4.42 Å². The average Bonchev–Trinajstić information content (AvgIpc) is 2.29. The van der Waals surface area contributed by atoms with E-state index in [2.05, 4.69) is 5.32 Å². The topological polar surface area (TPSA) is 59.3 Å². The summed E-state index contributed by atoms with van der Waals surface area (Å²) in [6.45, 7) is 1.88. The molecule has 0 saturated heterocycles. The minimum atomic E-state index is -0.433. The third kappa shape index (κ3) is 1.58. The highest BCUT2D eigenvalue weighted by Crippen LogP contribution is 2.13. The third-order valence-corrected chi connectivity index (χ3v) is 2.40. The first-order chi connectivity index (χ1) is 7.63. The van der Waals surface area contributed by atoms with Crippen molar-refractivity contribution in [3.63, 3.8) is 0 Å². The maximum Gasteiger partial charge on any atom is 0.258 e. The molecule has 1 N–H and O–H groups in total. The molecule has 0 bridgehead atoms. The smallest absolute Gasteiger partial charge is 0.258 e. The summed E-state index contributed by atoms with van der Waals surface area (Å²) in [5.41, 5.74) is 1.17. The molecule has 4 nitrogen and oxygen atoms in total. The monoisotopic (exact) mass is 217 g/mol. The number of nitrogens with one attached hydrogen (secondary N) is 1. The number of hydrogen-bond donors (Lipinski definition) is 1. The van der Waals surface area contributed by atoms with E-state index in [0.717, 1.165) is 5.56 Å². The van der Waals surface area contributed by atoms with Gasteiger partial charge in [-0.25, -0.2) is 0 Å². The van der Waals surface area contributed by atoms with Gasteiger partial charge in [0.25, 0.3) is 5.91 Å². The lowest BCUT2D eigenvalue weighted by molar-refractivity contribution is 0.0960. The Balaban J connectivity index is 2.78. The van der Waals surface area contributed by atoms with Crippen LogP contribution in [0.25, 0.3) is 11.0 Å². The van der Waals surface area contributed by atoms with Crippen molar-refractivity contribution >= 4 is 16.9 Å². The van der Waals surface area contributed by atoms with Crippen LogP contribution in [-0.4, -0.2) is 13.0 Å². The second-order valence-electron chi connectivity index (χ2n) is 3.56. The van der Waals surface area contributed by atoms with Crippen LogP contribution in [0.2, 0.25) is 0 Å². The van der Waals surface area contributed by atoms with Crippen LogP contribution < -0.4 is 10.7 Å². The minimum absolute atomic E-state index is 0.0283. The van der Waals surface area contributed by atoms with Crippen LogP contribution in [0.4, 0.5) is 0 Å². The zero-order valence-corrected chi connectivity index (χ0v) is 9.03. The standard InChI is InChI=1S/C12H11NO3/c1-7-3-4-10-8(5-7)11(14)9(6-16-10)12(15)13-2/h3-6H,1-2H3,(H,13,15). The maximum atomic E-state index is 12.0. The highest BCUT2D eigenvalue weighted by molar-refractivity contribution is 5.96. The third-order valence-electron chi connectivity index (χ3n) is 2.40. The van der Waals surface area contributed by atoms with Gasteiger partial charge in [-0.15, -0.1) is 0 Å². The second-order valence-corrected chi connectivity index (χ2v) is 3.56. The largest absolute Gasteiger partial charge is 0.463 e. The molecule has 0 aliphatic carbocycles. The number of benzene rings is 1. The predicted molar refractivity (Wildman–Crippen MR) is 60.6 cm³/mol. The van der Waals surface area contributed by atoms with E-state index in [0.29, 0.717) is 11.0 Å². The van der Waals surface area contributed by atoms with Crippen molar-refractivity contribution in [1.29, 1.82) is 0 Å². The fourth-order valence-corrected chi connectivity index (χ4v) is 1.54. The summed E-state index contributed by atoms with van der Waals surface area (Å²) in [5, 5.41) is 2.83. The van der Waals surface area contributed by atoms with Gasteiger partial charge in [-0.1, -0.05) is 11.6 Å². The van der Waals surface area contributed by atoms with Crippen LogP contribution in [0.15, 0.2) is 33.7 Å². The summed E-state index contributed by atoms with van der Waals surface area (Å²) >= 11 is 0. The Labute approximate surface area is 91.9 Å². The molecule has 16 heavy (non-hydrogen) atoms. The van der Waals surface area contributed by atoms with E-state index < -0.39 is 5.91 Å². The molecule has 1 aromatic carbocycles. The Bertz CT molecular complexity index is 613. The number of rotatable bonds is 1. The van der Waals surface area contributed by atoms with Gasteiger partial charge >= 0.3 is 0 Å². The lowest BCUT2D eigenvalue weighted by Gasteiger charge is -2.01. The van der Waals surface area contributed by atoms with Gasteiger partial charge in [0.15, 0.2) is 0 Å². The first-order valence-corrected chi connectivity index (χ1v) is 4.87. The van der Waals surface area contributed by atoms with E-state index >= 15 is 0 Å². The van der Waals surface area contributed by atoms with Gasteiger partial charge < -0.3 is 9.73 Å². The minimum Gasteiger partial charge on any atom is -0.463 e. The zero-order valence-electron chi connectivity index (χ0n) is 9.03. The van der Waals surface area contributed by atoms with Gasteiger partial charge in [-0.2, -0.15) is 0 Å². The molecule has 1 aromatic heterocycles. The van der Waals surface area contributed by atoms with Gasteiger partial charge in [-0.05, 0) is 19.1 Å². The second kappa shape index (κ2) is 3.81. The number of amides is 1. The summed E-state index contributed by atoms with van der Waals surface area (Å²) in [6.07, 6.45) is 1.19. The van der Waals surface area contributed by atoms with Crippen LogP contribution in [-0.2, 0) is 0 Å². The number of carbonyl (C=O) groups excluding carboxylic acids is 1. The molecule has 1 heterocycles. The van der Waals surface area contributed by atoms with E-state index in [1.807, 2.05) is 13.0 Å². The Kier molecular flexibility index (Phi) is 2.48. The van der Waals surface area contributed by atoms with E-state index in [-0.39, 0.29) is 11.0 Å². The highest BCUT2D eigenvalue weighted by Gasteiger charge is 2.12. The van der Waals surface area contributed by atoms with Crippen LogP contribution in [0.3, 0.4) is 0 Å². The first kappa shape index (κ1) is 10.4. The molecule has 0 saturated carbocycles. The van der Waals surface area contributed by atoms with E-state index in [9.17, 15) is 9.59 Å². The molecule has 0 radical (unpaired) electrons. The summed E-state index contributed by atoms with van der Waals surface area (Å²) in [5.74, 6) is -0.433. The molecule has 82 valence electrons. The maximum absolute atomic E-state index is 12.0. The van der Waals surface area contributed by atoms with Gasteiger partial charge in [-0.3, -0.25) is 9.59 Å². The van der Waals surface area contributed by atoms with Gasteiger partial charge in [0, 0.05) is 7.05 Å². The SMILES string of the molecule is CNC(=O)c1coc2ccc(C)cc2c1=O. The fraction of sp³-hybridized carbons (Fsp3) is 0.167. The molecule has 0 atom stereocenters. The summed E-state index contributed by atoms with van der Waals surface area (Å²) in [7, 11) is 1.47. The van der Waals surface area contributed by atoms with Crippen molar-refractivity contribution in [3.8, 4) is 0 Å². The van der Waals surface area contributed by atoms with Crippen LogP contribution >= 0.6 is 0 Å². The Morgan fingerprint density at radius 2 is 2.12 bits per heavy atom. The molecule has 0 spiro atoms. The molecule has 2 aromatic rings. The Morgan fingerprint density at radius 1 is 1.38 bits per heavy atom. The molecule has 0 aliphatic heterocycles. The normalized spacial score (nSPS) is 10.4. The van der Waals surface area contributed by atoms with Crippen molar-refractivity contribution in [3.05, 3.63) is 45.8 Å². The predicted octanol–water partition coefficient (Wildman–Crippen LogP) is 1.46. The van der Waals surface area contributed by atoms with Gasteiger partial charge in [0.1, 0.15) is 17.4 Å². The van der Waals surface area contributed by atoms with Gasteiger partial charge in [0.05, 0.1) is 5.39 Å². The van der Waals surface area contributed by atoms with Crippen LogP contribution in [0.5, 0.6) is 0 Å². The van der Waals surface area contributed by atoms with Crippen molar-refractivity contribution in [2.24, 2.45) is 0 Å². The Morgan fingerprint density at radius 3 is 2.81 bits per heavy atom. The summed E-state index contributed by atoms with van der Waals surface area (Å²) in [4.78, 5) is 23.4. The molecule has 2 rings (SSSR count). The lowest BCUT2D eigenvalue weighted by Crippen LogP contribution is -2.25. The van der Waals surface area contributed by atoms with E-state index in [1.165, 1.54) is 13.3 Å². The zero-order chi connectivity index (χ0) is 11.7. The fourth-order valence-electron chi connectivity index (χ4n) is 1.54. The first-order valence-electron chi connectivity index (χ1n) is 4.87. The summed E-state index contributed by atoms with van der Waals surface area (Å²) < 4.78 is 5.24. The number of carbonyl (C=O) groups is 1. The quantitative estimate of drug-likeness (QED) is 0.786. The number of aryl methyl sites for hydroxylation is 1. The van der Waals surface area contributed by atoms with Crippen LogP contribution in [0.1, 0.15) is 15.9 Å². The molecule has 0 fully saturated rings. The van der Waals surface area contributed by atoms with Gasteiger partial charge in [0.2, 0.25) is 5.43 Å². The number of hydrogen-bond acceptors (Lipinski definition) is 3. The average molecular weight is 217 g/mol. The van der Waals surface area contributed by atoms with Crippen molar-refractivity contribution in [2.45, 2.75) is 6.92 Å². The molecule has 0 unspecified atom stereocenters. The van der Waals surface area contributed by atoms with Crippen molar-refractivity contribution in [1.82, 2.24) is 5.32 Å². The van der Waals surface area contributed by atoms with Crippen molar-refractivity contribution in [2.75, 3.05) is 7.05 Å². The number of fused-ring (bicyclic) bond motifs is 1. The highest BCUT2D eigenvalue weighted by atomic mass is 16.3. The molecular weight excluding hydrogens is 206 g/mol. The Hall–Kier alpha value is -2.10. The lowest BCUT2D eigenvalue weighted by atomic mass is 10.1. The van der Waals surface area contributed by atoms with E-state index in [1.54, 1.807) is 12.1 Å².